The van der Waals surface area contributed by atoms with Crippen molar-refractivity contribution < 1.29 is 4.79 Å². The van der Waals surface area contributed by atoms with Crippen molar-refractivity contribution in [3.05, 3.63) is 0 Å². The van der Waals surface area contributed by atoms with Gasteiger partial charge in [0.2, 0.25) is 0 Å². The molecule has 0 saturated carbocycles. The van der Waals surface area contributed by atoms with Crippen LogP contribution in [-0.4, -0.2) is 38.4 Å². The van der Waals surface area contributed by atoms with Crippen molar-refractivity contribution in [3.63, 3.8) is 0 Å². The molecule has 0 aromatic heterocycles. The van der Waals surface area contributed by atoms with Crippen LogP contribution in [0.4, 0.5) is 0 Å². The van der Waals surface area contributed by atoms with Crippen molar-refractivity contribution in [2.24, 2.45) is 0 Å². The van der Waals surface area contributed by atoms with Crippen LogP contribution in [0.15, 0.2) is 0 Å². The molecular weight excluding hydrogens is 180 g/mol. The smallest absolute Gasteiger partial charge is 0.188 e. The molecule has 0 aromatic carbocycles. The van der Waals surface area contributed by atoms with Crippen LogP contribution in [0.5, 0.6) is 0 Å². The Bertz CT molecular complexity index is 193. The van der Waals surface area contributed by atoms with E-state index in [2.05, 4.69) is 16.0 Å². The number of carbonyl (C=O) groups excluding carboxylic acids is 1. The van der Waals surface area contributed by atoms with Gasteiger partial charge < -0.3 is 16.0 Å². The van der Waals surface area contributed by atoms with E-state index in [9.17, 15) is 4.79 Å². The van der Waals surface area contributed by atoms with Crippen molar-refractivity contribution >= 4 is 11.7 Å². The van der Waals surface area contributed by atoms with E-state index in [1.54, 1.807) is 21.0 Å². The second kappa shape index (κ2) is 7.32. The molecule has 0 aliphatic rings. The van der Waals surface area contributed by atoms with E-state index in [1.165, 1.54) is 0 Å². The van der Waals surface area contributed by atoms with Gasteiger partial charge in [-0.3, -0.25) is 10.2 Å². The predicted octanol–water partition coefficient (Wildman–Crippen LogP) is -0.313. The SMILES string of the molecule is CNC(=N)NCCC[C@H](NC)C(C)=O. The van der Waals surface area contributed by atoms with Gasteiger partial charge in [0.1, 0.15) is 5.78 Å². The number of rotatable bonds is 6. The first-order valence-electron chi connectivity index (χ1n) is 4.79. The summed E-state index contributed by atoms with van der Waals surface area (Å²) in [6.07, 6.45) is 1.67. The molecule has 0 unspecified atom stereocenters. The minimum absolute atomic E-state index is 0.0550. The van der Waals surface area contributed by atoms with Gasteiger partial charge in [0.25, 0.3) is 0 Å². The van der Waals surface area contributed by atoms with Crippen molar-refractivity contribution in [1.82, 2.24) is 16.0 Å². The first-order chi connectivity index (χ1) is 6.61. The number of likely N-dealkylation sites (N-methyl/N-ethyl adjacent to an activating group) is 1. The highest BCUT2D eigenvalue weighted by Gasteiger charge is 2.09. The van der Waals surface area contributed by atoms with Crippen molar-refractivity contribution in [3.8, 4) is 0 Å². The summed E-state index contributed by atoms with van der Waals surface area (Å²) in [7, 11) is 3.48. The van der Waals surface area contributed by atoms with Crippen LogP contribution < -0.4 is 16.0 Å². The molecule has 1 atom stereocenters. The maximum absolute atomic E-state index is 11.0. The summed E-state index contributed by atoms with van der Waals surface area (Å²) in [6, 6.07) is -0.0550. The van der Waals surface area contributed by atoms with Crippen LogP contribution in [0.3, 0.4) is 0 Å². The fraction of sp³-hybridized carbons (Fsp3) is 0.778. The highest BCUT2D eigenvalue weighted by Crippen LogP contribution is 1.96. The largest absolute Gasteiger partial charge is 0.360 e. The summed E-state index contributed by atoms with van der Waals surface area (Å²) in [5.41, 5.74) is 0. The van der Waals surface area contributed by atoms with Gasteiger partial charge in [-0.15, -0.1) is 0 Å². The van der Waals surface area contributed by atoms with E-state index in [4.69, 9.17) is 5.41 Å². The minimum Gasteiger partial charge on any atom is -0.360 e. The van der Waals surface area contributed by atoms with Gasteiger partial charge in [-0.2, -0.15) is 0 Å². The molecule has 4 N–H and O–H groups in total. The lowest BCUT2D eigenvalue weighted by Gasteiger charge is -2.12. The molecule has 0 bridgehead atoms. The van der Waals surface area contributed by atoms with E-state index in [0.29, 0.717) is 12.5 Å². The Morgan fingerprint density at radius 3 is 2.50 bits per heavy atom. The zero-order valence-electron chi connectivity index (χ0n) is 9.11. The molecule has 0 radical (unpaired) electrons. The zero-order chi connectivity index (χ0) is 11.0. The first-order valence-corrected chi connectivity index (χ1v) is 4.79. The second-order valence-electron chi connectivity index (χ2n) is 3.15. The topological polar surface area (TPSA) is 77.0 Å². The monoisotopic (exact) mass is 200 g/mol. The Balaban J connectivity index is 3.52. The standard InChI is InChI=1S/C9H20N4O/c1-7(14)8(11-2)5-4-6-13-9(10)12-3/h8,11H,4-6H2,1-3H3,(H3,10,12,13)/t8-/m0/s1. The fourth-order valence-corrected chi connectivity index (χ4v) is 1.16. The molecule has 82 valence electrons. The number of Topliss-reactive ketones (excluding diaryl/α,β-unsaturated/α-hetero) is 1. The van der Waals surface area contributed by atoms with Gasteiger partial charge >= 0.3 is 0 Å². The van der Waals surface area contributed by atoms with Gasteiger partial charge in [-0.1, -0.05) is 0 Å². The van der Waals surface area contributed by atoms with Gasteiger partial charge in [0, 0.05) is 13.6 Å². The lowest BCUT2D eigenvalue weighted by Crippen LogP contribution is -2.36. The van der Waals surface area contributed by atoms with Crippen LogP contribution >= 0.6 is 0 Å². The third kappa shape index (κ3) is 5.53. The molecule has 14 heavy (non-hydrogen) atoms. The summed E-state index contributed by atoms with van der Waals surface area (Å²) in [6.45, 7) is 2.30. The maximum atomic E-state index is 11.0. The number of hydrogen-bond acceptors (Lipinski definition) is 3. The summed E-state index contributed by atoms with van der Waals surface area (Å²) < 4.78 is 0. The Morgan fingerprint density at radius 1 is 1.43 bits per heavy atom. The molecule has 5 nitrogen and oxygen atoms in total. The molecule has 0 spiro atoms. The molecule has 0 aliphatic heterocycles. The van der Waals surface area contributed by atoms with Gasteiger partial charge in [0.15, 0.2) is 5.96 Å². The number of guanidine groups is 1. The van der Waals surface area contributed by atoms with E-state index in [0.717, 1.165) is 12.8 Å². The average molecular weight is 200 g/mol. The number of nitrogens with one attached hydrogen (secondary N) is 4. The van der Waals surface area contributed by atoms with Crippen molar-refractivity contribution in [2.75, 3.05) is 20.6 Å². The number of hydrogen-bond donors (Lipinski definition) is 4. The summed E-state index contributed by atoms with van der Waals surface area (Å²) in [5.74, 6) is 0.477. The van der Waals surface area contributed by atoms with Crippen LogP contribution in [0.25, 0.3) is 0 Å². The minimum atomic E-state index is -0.0550. The predicted molar refractivity (Wildman–Crippen MR) is 57.6 cm³/mol. The third-order valence-corrected chi connectivity index (χ3v) is 2.06. The molecule has 0 amide bonds. The summed E-state index contributed by atoms with van der Waals surface area (Å²) >= 11 is 0. The second-order valence-corrected chi connectivity index (χ2v) is 3.15. The third-order valence-electron chi connectivity index (χ3n) is 2.06. The number of ketones is 1. The quantitative estimate of drug-likeness (QED) is 0.269. The van der Waals surface area contributed by atoms with Crippen molar-refractivity contribution in [2.45, 2.75) is 25.8 Å². The molecule has 0 saturated heterocycles. The lowest BCUT2D eigenvalue weighted by molar-refractivity contribution is -0.119. The first kappa shape index (κ1) is 12.9. The Hall–Kier alpha value is -1.10. The normalized spacial score (nSPS) is 11.9. The fourth-order valence-electron chi connectivity index (χ4n) is 1.16. The molecule has 0 aliphatic carbocycles. The Kier molecular flexibility index (Phi) is 6.74. The van der Waals surface area contributed by atoms with Crippen LogP contribution in [0.1, 0.15) is 19.8 Å². The summed E-state index contributed by atoms with van der Waals surface area (Å²) in [5, 5.41) is 15.8. The van der Waals surface area contributed by atoms with E-state index in [-0.39, 0.29) is 11.8 Å². The zero-order valence-corrected chi connectivity index (χ0v) is 9.11. The van der Waals surface area contributed by atoms with Gasteiger partial charge in [-0.25, -0.2) is 0 Å². The Morgan fingerprint density at radius 2 is 2.07 bits per heavy atom. The highest BCUT2D eigenvalue weighted by atomic mass is 16.1. The highest BCUT2D eigenvalue weighted by molar-refractivity contribution is 5.81. The average Bonchev–Trinajstić information content (AvgIpc) is 2.16. The van der Waals surface area contributed by atoms with E-state index in [1.807, 2.05) is 0 Å². The lowest BCUT2D eigenvalue weighted by atomic mass is 10.1. The van der Waals surface area contributed by atoms with Crippen LogP contribution in [0, 0.1) is 5.41 Å². The summed E-state index contributed by atoms with van der Waals surface area (Å²) in [4.78, 5) is 11.0. The molecule has 0 rings (SSSR count). The molecule has 5 heteroatoms. The molecular formula is C9H20N4O. The van der Waals surface area contributed by atoms with E-state index >= 15 is 0 Å². The Labute approximate surface area is 85.2 Å². The molecule has 0 aromatic rings. The maximum Gasteiger partial charge on any atom is 0.188 e. The van der Waals surface area contributed by atoms with Crippen molar-refractivity contribution in [1.29, 1.82) is 5.41 Å². The number of carbonyl (C=O) groups is 1. The van der Waals surface area contributed by atoms with Crippen LogP contribution in [0.2, 0.25) is 0 Å². The van der Waals surface area contributed by atoms with Crippen LogP contribution in [-0.2, 0) is 4.79 Å². The molecule has 0 heterocycles. The van der Waals surface area contributed by atoms with Gasteiger partial charge in [-0.05, 0) is 26.8 Å². The molecule has 0 fully saturated rings. The van der Waals surface area contributed by atoms with E-state index < -0.39 is 0 Å². The van der Waals surface area contributed by atoms with Gasteiger partial charge in [0.05, 0.1) is 6.04 Å².